The van der Waals surface area contributed by atoms with Gasteiger partial charge in [-0.25, -0.2) is 0 Å². The van der Waals surface area contributed by atoms with Gasteiger partial charge in [-0.3, -0.25) is 13.9 Å². The van der Waals surface area contributed by atoms with Crippen LogP contribution in [0.1, 0.15) is 19.3 Å². The number of carbonyl (C=O) groups is 3. The number of hydrogen-bond acceptors (Lipinski definition) is 9. The van der Waals surface area contributed by atoms with Crippen LogP contribution >= 0.6 is 22.1 Å². The van der Waals surface area contributed by atoms with Crippen molar-refractivity contribution in [3.05, 3.63) is 0 Å². The Labute approximate surface area is 173 Å². The summed E-state index contributed by atoms with van der Waals surface area (Å²) in [5.74, 6) is -3.65. The minimum atomic E-state index is -3.39. The van der Waals surface area contributed by atoms with Crippen molar-refractivity contribution in [3.63, 3.8) is 0 Å². The fourth-order valence-corrected chi connectivity index (χ4v) is 2.69. The maximum Gasteiger partial charge on any atom is 3.00 e. The van der Waals surface area contributed by atoms with Crippen LogP contribution < -0.4 is 15.1 Å². The van der Waals surface area contributed by atoms with E-state index in [1.54, 1.807) is 0 Å². The summed E-state index contributed by atoms with van der Waals surface area (Å²) < 4.78 is 31.1. The van der Waals surface area contributed by atoms with Gasteiger partial charge in [0.25, 0.3) is 0 Å². The van der Waals surface area contributed by atoms with E-state index in [4.69, 9.17) is 14.9 Å². The molecule has 0 aliphatic heterocycles. The van der Waals surface area contributed by atoms with Gasteiger partial charge < -0.3 is 44.2 Å². The molecule has 0 rings (SSSR count). The topological polar surface area (TPSA) is 232 Å². The Balaban J connectivity index is -0.000000152. The van der Waals surface area contributed by atoms with Gasteiger partial charge in [0.1, 0.15) is 0 Å². The smallest absolute Gasteiger partial charge is 0.799 e. The molecule has 12 nitrogen and oxygen atoms in total. The SMILES string of the molecule is CP(=O)(O)CCC(=O)O.CP(=O)(O)CCC(=O)[O-].CP(=O)([O-])CCC(=O)[O-].[Al+3]. The van der Waals surface area contributed by atoms with Crippen molar-refractivity contribution in [2.75, 3.05) is 38.5 Å². The minimum Gasteiger partial charge on any atom is -0.799 e. The normalized spacial score (nSPS) is 16.1. The summed E-state index contributed by atoms with van der Waals surface area (Å²) in [6.07, 6.45) is -1.63. The maximum atomic E-state index is 10.4. The van der Waals surface area contributed by atoms with Crippen LogP contribution in [-0.2, 0) is 28.1 Å². The first-order valence-electron chi connectivity index (χ1n) is 7.23. The van der Waals surface area contributed by atoms with E-state index in [1.807, 2.05) is 0 Å². The Morgan fingerprint density at radius 1 is 0.750 bits per heavy atom. The molecule has 0 spiro atoms. The number of aliphatic carboxylic acids is 3. The Morgan fingerprint density at radius 2 is 1.04 bits per heavy atom. The maximum absolute atomic E-state index is 10.4. The molecule has 0 amide bonds. The molecule has 3 atom stereocenters. The molecule has 0 saturated heterocycles. The number of carboxylic acid groups (broad SMARTS) is 3. The molecule has 0 aliphatic rings. The number of carboxylic acids is 3. The van der Waals surface area contributed by atoms with E-state index < -0.39 is 46.4 Å². The van der Waals surface area contributed by atoms with Crippen molar-refractivity contribution in [2.45, 2.75) is 19.3 Å². The van der Waals surface area contributed by atoms with Crippen molar-refractivity contribution in [3.8, 4) is 0 Å². The third-order valence-electron chi connectivity index (χ3n) is 2.19. The predicted molar refractivity (Wildman–Crippen MR) is 96.9 cm³/mol. The Hall–Kier alpha value is -0.488. The molecule has 16 heteroatoms. The second-order valence-electron chi connectivity index (χ2n) is 5.67. The third kappa shape index (κ3) is 50.0. The van der Waals surface area contributed by atoms with E-state index in [2.05, 4.69) is 0 Å². The van der Waals surface area contributed by atoms with E-state index in [1.165, 1.54) is 0 Å². The van der Waals surface area contributed by atoms with Gasteiger partial charge in [-0.05, 0) is 25.7 Å². The zero-order chi connectivity index (χ0) is 22.5. The fourth-order valence-electron chi connectivity index (χ4n) is 0.896. The molecule has 3 unspecified atom stereocenters. The molecule has 0 heterocycles. The van der Waals surface area contributed by atoms with Gasteiger partial charge in [-0.1, -0.05) is 0 Å². The van der Waals surface area contributed by atoms with Crippen LogP contribution in [0.25, 0.3) is 0 Å². The van der Waals surface area contributed by atoms with E-state index in [-0.39, 0.29) is 48.7 Å². The second-order valence-corrected chi connectivity index (χ2v) is 13.2. The monoisotopic (exact) mass is 480 g/mol. The van der Waals surface area contributed by atoms with Gasteiger partial charge >= 0.3 is 23.3 Å². The van der Waals surface area contributed by atoms with Gasteiger partial charge in [0.15, 0.2) is 14.7 Å². The van der Waals surface area contributed by atoms with Gasteiger partial charge in [-0.2, -0.15) is 0 Å². The first kappa shape index (κ1) is 35.0. The van der Waals surface area contributed by atoms with Crippen molar-refractivity contribution >= 4 is 57.4 Å². The van der Waals surface area contributed by atoms with E-state index >= 15 is 0 Å². The van der Waals surface area contributed by atoms with Gasteiger partial charge in [0.2, 0.25) is 0 Å². The van der Waals surface area contributed by atoms with Crippen molar-refractivity contribution in [2.24, 2.45) is 0 Å². The predicted octanol–water partition coefficient (Wildman–Crippen LogP) is -2.60. The standard InChI is InChI=1S/3C4H9O4P.Al/c3*1-9(7,8)3-2-4(5)6;/h3*2-3H2,1H3,(H,5,6)(H,7,8);/q;;;+3/p-3. The number of hydrogen-bond donors (Lipinski definition) is 3. The summed E-state index contributed by atoms with van der Waals surface area (Å²) in [5, 5.41) is 27.4. The molecule has 162 valence electrons. The van der Waals surface area contributed by atoms with Gasteiger partial charge in [-0.15, -0.1) is 0 Å². The molecule has 28 heavy (non-hydrogen) atoms. The average Bonchev–Trinajstić information content (AvgIpc) is 2.40. The van der Waals surface area contributed by atoms with Crippen LogP contribution in [0.4, 0.5) is 0 Å². The number of rotatable bonds is 9. The summed E-state index contributed by atoms with van der Waals surface area (Å²) in [6, 6.07) is 0. The second kappa shape index (κ2) is 16.3. The summed E-state index contributed by atoms with van der Waals surface area (Å²) in [4.78, 5) is 56.6. The molecular formula is C12H24AlO12P3. The van der Waals surface area contributed by atoms with Crippen molar-refractivity contribution < 1.29 is 58.1 Å². The first-order valence-corrected chi connectivity index (χ1v) is 14.1. The number of carbonyl (C=O) groups excluding carboxylic acids is 2. The Kier molecular flexibility index (Phi) is 20.4. The fraction of sp³-hybridized carbons (Fsp3) is 0.750. The summed E-state index contributed by atoms with van der Waals surface area (Å²) in [5.41, 5.74) is 0. The van der Waals surface area contributed by atoms with Crippen molar-refractivity contribution in [1.82, 2.24) is 0 Å². The quantitative estimate of drug-likeness (QED) is 0.228. The molecule has 0 aromatic heterocycles. The molecule has 0 aromatic carbocycles. The van der Waals surface area contributed by atoms with Crippen LogP contribution in [0.3, 0.4) is 0 Å². The molecule has 0 aliphatic carbocycles. The van der Waals surface area contributed by atoms with E-state index in [0.717, 1.165) is 20.0 Å². The average molecular weight is 480 g/mol. The first-order chi connectivity index (χ1) is 11.7. The largest absolute Gasteiger partial charge is 3.00 e. The van der Waals surface area contributed by atoms with E-state index in [9.17, 15) is 43.2 Å². The van der Waals surface area contributed by atoms with Crippen LogP contribution in [0.2, 0.25) is 0 Å². The summed E-state index contributed by atoms with van der Waals surface area (Å²) in [6.45, 7) is 3.28. The molecule has 3 N–H and O–H groups in total. The summed E-state index contributed by atoms with van der Waals surface area (Å²) >= 11 is 0. The molecule has 0 bridgehead atoms. The van der Waals surface area contributed by atoms with Crippen molar-refractivity contribution in [1.29, 1.82) is 0 Å². The molecule has 0 saturated carbocycles. The minimum absolute atomic E-state index is 0. The zero-order valence-corrected chi connectivity index (χ0v) is 19.5. The third-order valence-corrected chi connectivity index (χ3v) is 5.34. The zero-order valence-electron chi connectivity index (χ0n) is 15.7. The van der Waals surface area contributed by atoms with Gasteiger partial charge in [0, 0.05) is 45.0 Å². The van der Waals surface area contributed by atoms with Crippen LogP contribution in [-0.4, -0.2) is 88.6 Å². The molecule has 0 aromatic rings. The van der Waals surface area contributed by atoms with Crippen LogP contribution in [0, 0.1) is 0 Å². The summed E-state index contributed by atoms with van der Waals surface area (Å²) in [7, 11) is -9.63. The molecular weight excluding hydrogens is 456 g/mol. The molecule has 0 fully saturated rings. The Morgan fingerprint density at radius 3 is 1.14 bits per heavy atom. The van der Waals surface area contributed by atoms with E-state index in [0.29, 0.717) is 0 Å². The van der Waals surface area contributed by atoms with Crippen LogP contribution in [0.15, 0.2) is 0 Å². The molecule has 0 radical (unpaired) electrons. The van der Waals surface area contributed by atoms with Gasteiger partial charge in [0.05, 0.1) is 6.42 Å². The van der Waals surface area contributed by atoms with Crippen LogP contribution in [0.5, 0.6) is 0 Å². The Bertz CT molecular complexity index is 532.